The number of hydrogen-bond donors (Lipinski definition) is 0. The van der Waals surface area contributed by atoms with Crippen LogP contribution in [0.1, 0.15) is 82.6 Å². The molecule has 2 aliphatic rings. The first-order valence-electron chi connectivity index (χ1n) is 10.2. The number of allylic oxidation sites excluding steroid dienone is 2. The Bertz CT molecular complexity index is 499. The summed E-state index contributed by atoms with van der Waals surface area (Å²) in [5, 5.41) is 0. The first-order chi connectivity index (χ1) is 11.7. The summed E-state index contributed by atoms with van der Waals surface area (Å²) in [6, 6.07) is 7.17. The van der Waals surface area contributed by atoms with Crippen LogP contribution in [-0.2, 0) is 0 Å². The van der Waals surface area contributed by atoms with Crippen molar-refractivity contribution in [1.29, 1.82) is 0 Å². The van der Waals surface area contributed by atoms with Gasteiger partial charge in [0.15, 0.2) is 0 Å². The van der Waals surface area contributed by atoms with Crippen LogP contribution in [0.25, 0.3) is 0 Å². The molecule has 1 aromatic rings. The van der Waals surface area contributed by atoms with Gasteiger partial charge in [0.1, 0.15) is 5.82 Å². The Morgan fingerprint density at radius 3 is 1.92 bits per heavy atom. The maximum absolute atomic E-state index is 13.1. The predicted molar refractivity (Wildman–Crippen MR) is 101 cm³/mol. The molecule has 3 rings (SSSR count). The van der Waals surface area contributed by atoms with Crippen molar-refractivity contribution in [1.82, 2.24) is 0 Å². The average molecular weight is 329 g/mol. The molecule has 24 heavy (non-hydrogen) atoms. The van der Waals surface area contributed by atoms with E-state index in [0.29, 0.717) is 5.92 Å². The van der Waals surface area contributed by atoms with Gasteiger partial charge >= 0.3 is 0 Å². The number of hydrogen-bond acceptors (Lipinski definition) is 0. The van der Waals surface area contributed by atoms with E-state index in [1.165, 1.54) is 69.8 Å². The summed E-state index contributed by atoms with van der Waals surface area (Å²) in [5.74, 6) is 3.14. The summed E-state index contributed by atoms with van der Waals surface area (Å²) in [6.07, 6.45) is 18.7. The molecule has 0 nitrogen and oxygen atoms in total. The number of rotatable bonds is 5. The second kappa shape index (κ2) is 8.83. The SMILES string of the molecule is CCC[C@H]1CC[C@H](/C=C/[C@H]2CC[C@H](c3ccc(F)cc3)CC2)CC1. The summed E-state index contributed by atoms with van der Waals surface area (Å²) in [5.41, 5.74) is 1.33. The molecule has 0 heterocycles. The lowest BCUT2D eigenvalue weighted by Gasteiger charge is -2.29. The molecule has 0 bridgehead atoms. The molecule has 0 spiro atoms. The van der Waals surface area contributed by atoms with Gasteiger partial charge in [-0.25, -0.2) is 4.39 Å². The van der Waals surface area contributed by atoms with Crippen LogP contribution in [0, 0.1) is 23.6 Å². The van der Waals surface area contributed by atoms with Crippen molar-refractivity contribution in [2.24, 2.45) is 17.8 Å². The van der Waals surface area contributed by atoms with Crippen molar-refractivity contribution < 1.29 is 4.39 Å². The Balaban J connectivity index is 1.41. The van der Waals surface area contributed by atoms with Gasteiger partial charge in [-0.2, -0.15) is 0 Å². The Morgan fingerprint density at radius 2 is 1.38 bits per heavy atom. The first kappa shape index (κ1) is 17.7. The Hall–Kier alpha value is -1.11. The molecule has 0 saturated heterocycles. The minimum Gasteiger partial charge on any atom is -0.207 e. The highest BCUT2D eigenvalue weighted by Gasteiger charge is 2.22. The lowest BCUT2D eigenvalue weighted by Crippen LogP contribution is -2.14. The van der Waals surface area contributed by atoms with Crippen LogP contribution in [0.4, 0.5) is 4.39 Å². The van der Waals surface area contributed by atoms with Gasteiger partial charge in [-0.05, 0) is 92.7 Å². The van der Waals surface area contributed by atoms with Crippen LogP contribution in [0.2, 0.25) is 0 Å². The second-order valence-corrected chi connectivity index (χ2v) is 8.12. The molecule has 1 heteroatoms. The third-order valence-corrected chi connectivity index (χ3v) is 6.36. The normalized spacial score (nSPS) is 31.4. The van der Waals surface area contributed by atoms with Crippen molar-refractivity contribution in [3.8, 4) is 0 Å². The smallest absolute Gasteiger partial charge is 0.123 e. The Kier molecular flexibility index (Phi) is 6.51. The molecule has 0 unspecified atom stereocenters. The van der Waals surface area contributed by atoms with E-state index >= 15 is 0 Å². The van der Waals surface area contributed by atoms with Crippen molar-refractivity contribution in [2.45, 2.75) is 77.0 Å². The van der Waals surface area contributed by atoms with Crippen LogP contribution in [0.15, 0.2) is 36.4 Å². The minimum atomic E-state index is -0.121. The van der Waals surface area contributed by atoms with E-state index < -0.39 is 0 Å². The van der Waals surface area contributed by atoms with Gasteiger partial charge in [0.25, 0.3) is 0 Å². The third-order valence-electron chi connectivity index (χ3n) is 6.36. The largest absolute Gasteiger partial charge is 0.207 e. The molecule has 0 N–H and O–H groups in total. The molecular formula is C23H33F. The summed E-state index contributed by atoms with van der Waals surface area (Å²) in [6.45, 7) is 2.31. The van der Waals surface area contributed by atoms with Crippen LogP contribution < -0.4 is 0 Å². The zero-order chi connectivity index (χ0) is 16.8. The van der Waals surface area contributed by atoms with E-state index in [0.717, 1.165) is 17.8 Å². The monoisotopic (exact) mass is 328 g/mol. The van der Waals surface area contributed by atoms with Crippen molar-refractivity contribution >= 4 is 0 Å². The molecule has 0 radical (unpaired) electrons. The van der Waals surface area contributed by atoms with Crippen LogP contribution in [0.3, 0.4) is 0 Å². The molecule has 0 aliphatic heterocycles. The zero-order valence-corrected chi connectivity index (χ0v) is 15.2. The Labute approximate surface area is 147 Å². The molecule has 0 atom stereocenters. The molecule has 0 amide bonds. The van der Waals surface area contributed by atoms with Gasteiger partial charge in [0.05, 0.1) is 0 Å². The van der Waals surface area contributed by atoms with Crippen LogP contribution in [-0.4, -0.2) is 0 Å². The molecular weight excluding hydrogens is 295 g/mol. The van der Waals surface area contributed by atoms with E-state index in [-0.39, 0.29) is 5.82 Å². The van der Waals surface area contributed by atoms with Crippen molar-refractivity contribution in [3.05, 3.63) is 47.8 Å². The summed E-state index contributed by atoms with van der Waals surface area (Å²) in [7, 11) is 0. The molecule has 132 valence electrons. The molecule has 1 aromatic carbocycles. The fourth-order valence-corrected chi connectivity index (χ4v) is 4.77. The van der Waals surface area contributed by atoms with E-state index in [4.69, 9.17) is 0 Å². The highest BCUT2D eigenvalue weighted by Crippen LogP contribution is 2.37. The zero-order valence-electron chi connectivity index (χ0n) is 15.2. The highest BCUT2D eigenvalue weighted by molar-refractivity contribution is 5.21. The van der Waals surface area contributed by atoms with Crippen molar-refractivity contribution in [2.75, 3.05) is 0 Å². The highest BCUT2D eigenvalue weighted by atomic mass is 19.1. The van der Waals surface area contributed by atoms with Crippen molar-refractivity contribution in [3.63, 3.8) is 0 Å². The molecule has 2 saturated carbocycles. The van der Waals surface area contributed by atoms with E-state index in [9.17, 15) is 4.39 Å². The van der Waals surface area contributed by atoms with Gasteiger partial charge in [-0.1, -0.05) is 44.1 Å². The maximum atomic E-state index is 13.1. The maximum Gasteiger partial charge on any atom is 0.123 e. The summed E-state index contributed by atoms with van der Waals surface area (Å²) >= 11 is 0. The summed E-state index contributed by atoms with van der Waals surface area (Å²) in [4.78, 5) is 0. The molecule has 0 aromatic heterocycles. The van der Waals surface area contributed by atoms with Gasteiger partial charge in [0, 0.05) is 0 Å². The quantitative estimate of drug-likeness (QED) is 0.499. The Morgan fingerprint density at radius 1 is 0.833 bits per heavy atom. The van der Waals surface area contributed by atoms with E-state index in [2.05, 4.69) is 19.1 Å². The minimum absolute atomic E-state index is 0.121. The van der Waals surface area contributed by atoms with Gasteiger partial charge in [0.2, 0.25) is 0 Å². The van der Waals surface area contributed by atoms with E-state index in [1.807, 2.05) is 12.1 Å². The van der Waals surface area contributed by atoms with Gasteiger partial charge < -0.3 is 0 Å². The standard InChI is InChI=1S/C23H33F/c1-2-3-18-4-6-19(7-5-18)8-9-20-10-12-21(13-11-20)22-14-16-23(24)17-15-22/h8-9,14-21H,2-7,10-13H2,1H3/b9-8+/t18-,19-,20-,21-. The lowest BCUT2D eigenvalue weighted by molar-refractivity contribution is 0.292. The number of benzene rings is 1. The predicted octanol–water partition coefficient (Wildman–Crippen LogP) is 7.26. The van der Waals surface area contributed by atoms with Gasteiger partial charge in [-0.15, -0.1) is 0 Å². The van der Waals surface area contributed by atoms with Crippen LogP contribution in [0.5, 0.6) is 0 Å². The second-order valence-electron chi connectivity index (χ2n) is 8.12. The first-order valence-corrected chi connectivity index (χ1v) is 10.2. The lowest BCUT2D eigenvalue weighted by atomic mass is 9.77. The van der Waals surface area contributed by atoms with Crippen LogP contribution >= 0.6 is 0 Å². The number of halogens is 1. The van der Waals surface area contributed by atoms with E-state index in [1.54, 1.807) is 12.1 Å². The molecule has 2 fully saturated rings. The topological polar surface area (TPSA) is 0 Å². The van der Waals surface area contributed by atoms with Gasteiger partial charge in [-0.3, -0.25) is 0 Å². The average Bonchev–Trinajstić information content (AvgIpc) is 2.63. The summed E-state index contributed by atoms with van der Waals surface area (Å²) < 4.78 is 13.1. The third kappa shape index (κ3) is 4.94. The fourth-order valence-electron chi connectivity index (χ4n) is 4.77. The molecule has 2 aliphatic carbocycles. The fraction of sp³-hybridized carbons (Fsp3) is 0.652.